The van der Waals surface area contributed by atoms with Gasteiger partial charge < -0.3 is 10.2 Å². The van der Waals surface area contributed by atoms with Gasteiger partial charge in [-0.15, -0.1) is 0 Å². The first-order valence-electron chi connectivity index (χ1n) is 8.39. The Hall–Kier alpha value is -1.09. The third kappa shape index (κ3) is 4.44. The second-order valence-corrected chi connectivity index (χ2v) is 6.40. The van der Waals surface area contributed by atoms with Crippen LogP contribution in [0.15, 0.2) is 18.2 Å². The number of rotatable bonds is 5. The maximum absolute atomic E-state index is 13.7. The largest absolute Gasteiger partial charge is 0.371 e. The van der Waals surface area contributed by atoms with Gasteiger partial charge in [0, 0.05) is 24.8 Å². The summed E-state index contributed by atoms with van der Waals surface area (Å²) in [5.41, 5.74) is 2.31. The van der Waals surface area contributed by atoms with Gasteiger partial charge in [-0.25, -0.2) is 4.39 Å². The molecule has 21 heavy (non-hydrogen) atoms. The fourth-order valence-electron chi connectivity index (χ4n) is 3.13. The van der Waals surface area contributed by atoms with Gasteiger partial charge in [-0.1, -0.05) is 13.8 Å². The van der Waals surface area contributed by atoms with Crippen LogP contribution < -0.4 is 10.2 Å². The molecule has 0 spiro atoms. The molecule has 2 rings (SSSR count). The van der Waals surface area contributed by atoms with Crippen LogP contribution in [0.3, 0.4) is 0 Å². The second-order valence-electron chi connectivity index (χ2n) is 6.40. The topological polar surface area (TPSA) is 15.3 Å². The number of halogens is 1. The molecule has 3 heteroatoms. The Labute approximate surface area is 128 Å². The van der Waals surface area contributed by atoms with Gasteiger partial charge in [-0.3, -0.25) is 0 Å². The molecule has 1 aliphatic heterocycles. The van der Waals surface area contributed by atoms with Crippen LogP contribution in [0.25, 0.3) is 0 Å². The molecule has 1 aromatic rings. The maximum Gasteiger partial charge on any atom is 0.123 e. The molecule has 2 atom stereocenters. The summed E-state index contributed by atoms with van der Waals surface area (Å²) >= 11 is 0. The van der Waals surface area contributed by atoms with E-state index >= 15 is 0 Å². The minimum absolute atomic E-state index is 0.137. The van der Waals surface area contributed by atoms with E-state index in [2.05, 4.69) is 31.0 Å². The van der Waals surface area contributed by atoms with Crippen molar-refractivity contribution in [1.82, 2.24) is 5.32 Å². The molecular formula is C18H29FN2. The summed E-state index contributed by atoms with van der Waals surface area (Å²) in [6.07, 6.45) is 4.86. The molecule has 0 aromatic heterocycles. The van der Waals surface area contributed by atoms with Crippen LogP contribution in [0, 0.1) is 11.7 Å². The highest BCUT2D eigenvalue weighted by Crippen LogP contribution is 2.30. The van der Waals surface area contributed by atoms with Crippen LogP contribution >= 0.6 is 0 Å². The highest BCUT2D eigenvalue weighted by atomic mass is 19.1. The van der Waals surface area contributed by atoms with Gasteiger partial charge in [-0.2, -0.15) is 0 Å². The van der Waals surface area contributed by atoms with Crippen molar-refractivity contribution in [2.45, 2.75) is 52.5 Å². The summed E-state index contributed by atoms with van der Waals surface area (Å²) in [7, 11) is 0. The third-order valence-corrected chi connectivity index (χ3v) is 4.51. The van der Waals surface area contributed by atoms with Gasteiger partial charge in [0.2, 0.25) is 0 Å². The van der Waals surface area contributed by atoms with Crippen molar-refractivity contribution in [3.8, 4) is 0 Å². The summed E-state index contributed by atoms with van der Waals surface area (Å²) in [4.78, 5) is 2.45. The first-order valence-corrected chi connectivity index (χ1v) is 8.39. The SMILES string of the molecule is CCCNC(C)c1cc(F)ccc1N1CCCC(C)CC1. The minimum Gasteiger partial charge on any atom is -0.371 e. The molecule has 1 saturated heterocycles. The van der Waals surface area contributed by atoms with E-state index in [4.69, 9.17) is 0 Å². The zero-order valence-corrected chi connectivity index (χ0v) is 13.7. The van der Waals surface area contributed by atoms with Crippen molar-refractivity contribution >= 4 is 5.69 Å². The molecular weight excluding hydrogens is 263 g/mol. The summed E-state index contributed by atoms with van der Waals surface area (Å²) in [5.74, 6) is 0.664. The van der Waals surface area contributed by atoms with Gasteiger partial charge in [0.1, 0.15) is 5.82 Å². The van der Waals surface area contributed by atoms with E-state index in [0.717, 1.165) is 37.5 Å². The van der Waals surface area contributed by atoms with E-state index in [9.17, 15) is 4.39 Å². The molecule has 0 saturated carbocycles. The zero-order valence-electron chi connectivity index (χ0n) is 13.7. The minimum atomic E-state index is -0.137. The number of nitrogens with zero attached hydrogens (tertiary/aromatic N) is 1. The molecule has 1 fully saturated rings. The quantitative estimate of drug-likeness (QED) is 0.859. The smallest absolute Gasteiger partial charge is 0.123 e. The van der Waals surface area contributed by atoms with Crippen LogP contribution in [0.2, 0.25) is 0 Å². The van der Waals surface area contributed by atoms with Gasteiger partial charge >= 0.3 is 0 Å². The molecule has 0 bridgehead atoms. The van der Waals surface area contributed by atoms with E-state index in [1.165, 1.54) is 24.9 Å². The Balaban J connectivity index is 2.21. The van der Waals surface area contributed by atoms with E-state index in [1.807, 2.05) is 6.07 Å². The van der Waals surface area contributed by atoms with Crippen LogP contribution in [0.5, 0.6) is 0 Å². The molecule has 1 N–H and O–H groups in total. The van der Waals surface area contributed by atoms with Gasteiger partial charge in [0.05, 0.1) is 0 Å². The Bertz CT molecular complexity index is 447. The lowest BCUT2D eigenvalue weighted by Gasteiger charge is -2.28. The van der Waals surface area contributed by atoms with Gasteiger partial charge in [-0.05, 0) is 68.8 Å². The number of anilines is 1. The van der Waals surface area contributed by atoms with Crippen molar-refractivity contribution in [3.05, 3.63) is 29.6 Å². The van der Waals surface area contributed by atoms with Crippen LogP contribution in [0.1, 0.15) is 58.1 Å². The molecule has 0 aliphatic carbocycles. The van der Waals surface area contributed by atoms with Crippen LogP contribution in [0.4, 0.5) is 10.1 Å². The lowest BCUT2D eigenvalue weighted by Crippen LogP contribution is -2.28. The van der Waals surface area contributed by atoms with Crippen LogP contribution in [-0.4, -0.2) is 19.6 Å². The molecule has 0 amide bonds. The summed E-state index contributed by atoms with van der Waals surface area (Å²) in [6, 6.07) is 5.46. The average molecular weight is 292 g/mol. The molecule has 0 radical (unpaired) electrons. The normalized spacial score (nSPS) is 21.1. The number of hydrogen-bond acceptors (Lipinski definition) is 2. The molecule has 118 valence electrons. The fourth-order valence-corrected chi connectivity index (χ4v) is 3.13. The molecule has 1 aromatic carbocycles. The number of hydrogen-bond donors (Lipinski definition) is 1. The second kappa shape index (κ2) is 7.79. The first-order chi connectivity index (χ1) is 10.1. The number of nitrogens with one attached hydrogen (secondary N) is 1. The Morgan fingerprint density at radius 1 is 1.33 bits per heavy atom. The van der Waals surface area contributed by atoms with Crippen molar-refractivity contribution in [2.24, 2.45) is 5.92 Å². The maximum atomic E-state index is 13.7. The fraction of sp³-hybridized carbons (Fsp3) is 0.667. The average Bonchev–Trinajstić information content (AvgIpc) is 2.69. The van der Waals surface area contributed by atoms with Crippen molar-refractivity contribution in [3.63, 3.8) is 0 Å². The van der Waals surface area contributed by atoms with Crippen molar-refractivity contribution in [1.29, 1.82) is 0 Å². The molecule has 2 unspecified atom stereocenters. The Morgan fingerprint density at radius 3 is 2.90 bits per heavy atom. The van der Waals surface area contributed by atoms with E-state index in [0.29, 0.717) is 0 Å². The molecule has 1 heterocycles. The Morgan fingerprint density at radius 2 is 2.14 bits per heavy atom. The summed E-state index contributed by atoms with van der Waals surface area (Å²) in [5, 5.41) is 3.49. The molecule has 1 aliphatic rings. The highest BCUT2D eigenvalue weighted by molar-refractivity contribution is 5.55. The lowest BCUT2D eigenvalue weighted by molar-refractivity contribution is 0.520. The molecule has 2 nitrogen and oxygen atoms in total. The first kappa shape index (κ1) is 16.3. The summed E-state index contributed by atoms with van der Waals surface area (Å²) in [6.45, 7) is 9.76. The van der Waals surface area contributed by atoms with Gasteiger partial charge in [0.15, 0.2) is 0 Å². The van der Waals surface area contributed by atoms with E-state index in [1.54, 1.807) is 12.1 Å². The van der Waals surface area contributed by atoms with Gasteiger partial charge in [0.25, 0.3) is 0 Å². The van der Waals surface area contributed by atoms with Crippen molar-refractivity contribution in [2.75, 3.05) is 24.5 Å². The van der Waals surface area contributed by atoms with E-state index in [-0.39, 0.29) is 11.9 Å². The zero-order chi connectivity index (χ0) is 15.2. The third-order valence-electron chi connectivity index (χ3n) is 4.51. The van der Waals surface area contributed by atoms with Crippen LogP contribution in [-0.2, 0) is 0 Å². The van der Waals surface area contributed by atoms with E-state index < -0.39 is 0 Å². The summed E-state index contributed by atoms with van der Waals surface area (Å²) < 4.78 is 13.7. The predicted molar refractivity (Wildman–Crippen MR) is 88.3 cm³/mol. The standard InChI is InChI=1S/C18H29FN2/c1-4-10-20-15(3)17-13-16(19)7-8-18(17)21-11-5-6-14(2)9-12-21/h7-8,13-15,20H,4-6,9-12H2,1-3H3. The Kier molecular flexibility index (Phi) is 6.04. The van der Waals surface area contributed by atoms with Crippen molar-refractivity contribution < 1.29 is 4.39 Å². The monoisotopic (exact) mass is 292 g/mol. The number of benzene rings is 1. The lowest BCUT2D eigenvalue weighted by atomic mass is 10.0. The highest BCUT2D eigenvalue weighted by Gasteiger charge is 2.19. The predicted octanol–water partition coefficient (Wildman–Crippen LogP) is 4.51.